The van der Waals surface area contributed by atoms with Crippen molar-refractivity contribution < 1.29 is 0 Å². The highest BCUT2D eigenvalue weighted by Gasteiger charge is 2.17. The van der Waals surface area contributed by atoms with Crippen LogP contribution in [0.15, 0.2) is 24.4 Å². The van der Waals surface area contributed by atoms with Crippen molar-refractivity contribution in [2.45, 2.75) is 6.42 Å². The molecule has 0 unspecified atom stereocenters. The number of nitrogens with zero attached hydrogens (tertiary/aromatic N) is 2. The van der Waals surface area contributed by atoms with Crippen LogP contribution >= 0.6 is 0 Å². The average molecular weight is 205 g/mol. The molecule has 0 radical (unpaired) electrons. The monoisotopic (exact) mass is 205 g/mol. The van der Waals surface area contributed by atoms with Crippen molar-refractivity contribution in [2.75, 3.05) is 33.2 Å². The number of hydrogen-bond donors (Lipinski definition) is 1. The molecule has 82 valence electrons. The highest BCUT2D eigenvalue weighted by Crippen LogP contribution is 2.05. The summed E-state index contributed by atoms with van der Waals surface area (Å²) in [4.78, 5) is 6.73. The zero-order valence-corrected chi connectivity index (χ0v) is 9.32. The van der Waals surface area contributed by atoms with Crippen LogP contribution in [-0.2, 0) is 6.42 Å². The van der Waals surface area contributed by atoms with Crippen LogP contribution in [0.2, 0.25) is 0 Å². The van der Waals surface area contributed by atoms with Crippen LogP contribution in [0.5, 0.6) is 0 Å². The van der Waals surface area contributed by atoms with Gasteiger partial charge in [0.25, 0.3) is 0 Å². The van der Waals surface area contributed by atoms with Gasteiger partial charge >= 0.3 is 0 Å². The normalized spacial score (nSPS) is 16.7. The van der Waals surface area contributed by atoms with E-state index in [9.17, 15) is 0 Å². The maximum Gasteiger partial charge on any atom is 0.0416 e. The van der Waals surface area contributed by atoms with Crippen LogP contribution in [0.3, 0.4) is 0 Å². The third kappa shape index (κ3) is 3.29. The Kier molecular flexibility index (Phi) is 3.69. The van der Waals surface area contributed by atoms with Gasteiger partial charge in [0.1, 0.15) is 0 Å². The standard InChI is InChI=1S/C12H19N3/c1-15(10-11-8-13-9-11)7-5-12-4-2-3-6-14-12/h2-4,6,11,13H,5,7-10H2,1H3. The fraction of sp³-hybridized carbons (Fsp3) is 0.583. The molecule has 3 nitrogen and oxygen atoms in total. The topological polar surface area (TPSA) is 28.2 Å². The first-order valence-corrected chi connectivity index (χ1v) is 5.64. The molecule has 2 heterocycles. The number of likely N-dealkylation sites (N-methyl/N-ethyl adjacent to an activating group) is 1. The van der Waals surface area contributed by atoms with E-state index in [0.717, 1.165) is 18.9 Å². The molecule has 0 bridgehead atoms. The van der Waals surface area contributed by atoms with E-state index in [1.54, 1.807) is 0 Å². The van der Waals surface area contributed by atoms with Gasteiger partial charge in [-0.2, -0.15) is 0 Å². The summed E-state index contributed by atoms with van der Waals surface area (Å²) in [6, 6.07) is 6.12. The smallest absolute Gasteiger partial charge is 0.0416 e. The highest BCUT2D eigenvalue weighted by molar-refractivity contribution is 5.03. The molecule has 0 aromatic carbocycles. The van der Waals surface area contributed by atoms with Crippen molar-refractivity contribution in [3.63, 3.8) is 0 Å². The maximum absolute atomic E-state index is 4.32. The minimum atomic E-state index is 0.860. The molecule has 3 heteroatoms. The molecule has 1 saturated heterocycles. The van der Waals surface area contributed by atoms with Crippen LogP contribution in [0.4, 0.5) is 0 Å². The second kappa shape index (κ2) is 5.24. The molecule has 0 saturated carbocycles. The van der Waals surface area contributed by atoms with Crippen LogP contribution in [0, 0.1) is 5.92 Å². The third-order valence-corrected chi connectivity index (χ3v) is 2.91. The summed E-state index contributed by atoms with van der Waals surface area (Å²) in [5, 5.41) is 3.30. The number of rotatable bonds is 5. The molecule has 15 heavy (non-hydrogen) atoms. The van der Waals surface area contributed by atoms with Crippen molar-refractivity contribution in [1.29, 1.82) is 0 Å². The Bertz CT molecular complexity index is 282. The van der Waals surface area contributed by atoms with E-state index in [2.05, 4.69) is 34.4 Å². The van der Waals surface area contributed by atoms with Gasteiger partial charge in [-0.25, -0.2) is 0 Å². The van der Waals surface area contributed by atoms with E-state index in [4.69, 9.17) is 0 Å². The summed E-state index contributed by atoms with van der Waals surface area (Å²) in [7, 11) is 2.20. The first kappa shape index (κ1) is 10.6. The van der Waals surface area contributed by atoms with Crippen LogP contribution in [0.1, 0.15) is 5.69 Å². The molecule has 1 aliphatic rings. The van der Waals surface area contributed by atoms with Gasteiger partial charge in [-0.1, -0.05) is 6.07 Å². The lowest BCUT2D eigenvalue weighted by molar-refractivity contribution is 0.225. The molecule has 0 aliphatic carbocycles. The Labute approximate surface area is 91.5 Å². The van der Waals surface area contributed by atoms with Gasteiger partial charge in [0.2, 0.25) is 0 Å². The van der Waals surface area contributed by atoms with Crippen molar-refractivity contribution in [2.24, 2.45) is 5.92 Å². The van der Waals surface area contributed by atoms with Crippen molar-refractivity contribution in [3.8, 4) is 0 Å². The summed E-state index contributed by atoms with van der Waals surface area (Å²) >= 11 is 0. The second-order valence-corrected chi connectivity index (χ2v) is 4.36. The predicted molar refractivity (Wildman–Crippen MR) is 61.8 cm³/mol. The molecule has 1 aromatic rings. The molecule has 1 aromatic heterocycles. The summed E-state index contributed by atoms with van der Waals surface area (Å²) in [6.45, 7) is 4.69. The highest BCUT2D eigenvalue weighted by atomic mass is 15.1. The van der Waals surface area contributed by atoms with Gasteiger partial charge in [-0.15, -0.1) is 0 Å². The first-order valence-electron chi connectivity index (χ1n) is 5.64. The van der Waals surface area contributed by atoms with Gasteiger partial charge < -0.3 is 10.2 Å². The van der Waals surface area contributed by atoms with Gasteiger partial charge in [-0.05, 0) is 25.1 Å². The van der Waals surface area contributed by atoms with Crippen molar-refractivity contribution in [1.82, 2.24) is 15.2 Å². The molecule has 1 aliphatic heterocycles. The first-order chi connectivity index (χ1) is 7.34. The van der Waals surface area contributed by atoms with Gasteiger partial charge in [0.05, 0.1) is 0 Å². The van der Waals surface area contributed by atoms with Gasteiger partial charge in [-0.3, -0.25) is 4.98 Å². The average Bonchev–Trinajstić information content (AvgIpc) is 2.22. The van der Waals surface area contributed by atoms with Crippen LogP contribution < -0.4 is 5.32 Å². The second-order valence-electron chi connectivity index (χ2n) is 4.36. The number of aromatic nitrogens is 1. The van der Waals surface area contributed by atoms with Crippen LogP contribution in [-0.4, -0.2) is 43.1 Å². The van der Waals surface area contributed by atoms with Crippen molar-refractivity contribution in [3.05, 3.63) is 30.1 Å². The number of nitrogens with one attached hydrogen (secondary N) is 1. The Morgan fingerprint density at radius 3 is 2.93 bits per heavy atom. The van der Waals surface area contributed by atoms with E-state index < -0.39 is 0 Å². The lowest BCUT2D eigenvalue weighted by Crippen LogP contribution is -2.47. The zero-order valence-electron chi connectivity index (χ0n) is 9.32. The van der Waals surface area contributed by atoms with Gasteiger partial charge in [0, 0.05) is 44.5 Å². The summed E-state index contributed by atoms with van der Waals surface area (Å²) in [5.74, 6) is 0.860. The van der Waals surface area contributed by atoms with E-state index >= 15 is 0 Å². The van der Waals surface area contributed by atoms with E-state index in [1.807, 2.05) is 12.3 Å². The Balaban J connectivity index is 1.68. The maximum atomic E-state index is 4.32. The van der Waals surface area contributed by atoms with Gasteiger partial charge in [0.15, 0.2) is 0 Å². The minimum absolute atomic E-state index is 0.860. The summed E-state index contributed by atoms with van der Waals surface area (Å²) in [5.41, 5.74) is 1.19. The molecular formula is C12H19N3. The molecule has 0 atom stereocenters. The van der Waals surface area contributed by atoms with E-state index in [0.29, 0.717) is 0 Å². The Morgan fingerprint density at radius 2 is 2.33 bits per heavy atom. The molecule has 0 amide bonds. The third-order valence-electron chi connectivity index (χ3n) is 2.91. The number of hydrogen-bond acceptors (Lipinski definition) is 3. The zero-order chi connectivity index (χ0) is 10.5. The lowest BCUT2D eigenvalue weighted by Gasteiger charge is -2.31. The molecule has 1 N–H and O–H groups in total. The molecular weight excluding hydrogens is 186 g/mol. The fourth-order valence-electron chi connectivity index (χ4n) is 1.86. The fourth-order valence-corrected chi connectivity index (χ4v) is 1.86. The summed E-state index contributed by atoms with van der Waals surface area (Å²) in [6.07, 6.45) is 2.92. The quantitative estimate of drug-likeness (QED) is 0.770. The van der Waals surface area contributed by atoms with Crippen molar-refractivity contribution >= 4 is 0 Å². The molecule has 0 spiro atoms. The van der Waals surface area contributed by atoms with Crippen LogP contribution in [0.25, 0.3) is 0 Å². The largest absolute Gasteiger partial charge is 0.316 e. The molecule has 1 fully saturated rings. The Morgan fingerprint density at radius 1 is 1.47 bits per heavy atom. The minimum Gasteiger partial charge on any atom is -0.316 e. The SMILES string of the molecule is CN(CCc1ccccn1)CC1CNC1. The lowest BCUT2D eigenvalue weighted by atomic mass is 10.0. The predicted octanol–water partition coefficient (Wildman–Crippen LogP) is 0.775. The number of pyridine rings is 1. The molecule has 2 rings (SSSR count). The summed E-state index contributed by atoms with van der Waals surface area (Å²) < 4.78 is 0. The van der Waals surface area contributed by atoms with E-state index in [1.165, 1.54) is 25.3 Å². The Hall–Kier alpha value is -0.930. The van der Waals surface area contributed by atoms with E-state index in [-0.39, 0.29) is 0 Å².